The highest BCUT2D eigenvalue weighted by Gasteiger charge is 2.32. The SMILES string of the molecule is CC(C)CN(CC(O)C(Cc1ccccc1)NC(=O)OCc1cncs1)S(=O)(=O)c1ccc2ncn(CCc3ccccc3)c2c1. The van der Waals surface area contributed by atoms with Gasteiger partial charge in [-0.05, 0) is 48.1 Å². The molecule has 242 valence electrons. The highest BCUT2D eigenvalue weighted by molar-refractivity contribution is 7.89. The van der Waals surface area contributed by atoms with Crippen molar-refractivity contribution >= 4 is 38.5 Å². The number of sulfonamides is 1. The fourth-order valence-electron chi connectivity index (χ4n) is 5.23. The van der Waals surface area contributed by atoms with Gasteiger partial charge in [-0.25, -0.2) is 18.2 Å². The number of aliphatic hydroxyl groups excluding tert-OH is 1. The number of aryl methyl sites for hydroxylation is 2. The van der Waals surface area contributed by atoms with Crippen LogP contribution in [0, 0.1) is 5.92 Å². The molecule has 0 aliphatic rings. The zero-order valence-corrected chi connectivity index (χ0v) is 27.5. The number of alkyl carbamates (subject to hydrolysis) is 1. The summed E-state index contributed by atoms with van der Waals surface area (Å²) in [6.07, 6.45) is 2.46. The molecule has 0 saturated heterocycles. The number of rotatable bonds is 15. The first-order valence-corrected chi connectivity index (χ1v) is 17.5. The van der Waals surface area contributed by atoms with E-state index < -0.39 is 28.3 Å². The van der Waals surface area contributed by atoms with Gasteiger partial charge in [0.15, 0.2) is 0 Å². The van der Waals surface area contributed by atoms with Crippen molar-refractivity contribution in [2.75, 3.05) is 13.1 Å². The molecular weight excluding hydrogens is 623 g/mol. The first-order chi connectivity index (χ1) is 22.2. The van der Waals surface area contributed by atoms with Crippen LogP contribution in [0.4, 0.5) is 4.79 Å². The molecule has 0 aliphatic carbocycles. The minimum Gasteiger partial charge on any atom is -0.444 e. The van der Waals surface area contributed by atoms with Crippen LogP contribution in [0.2, 0.25) is 0 Å². The van der Waals surface area contributed by atoms with Crippen molar-refractivity contribution in [1.29, 1.82) is 0 Å². The van der Waals surface area contributed by atoms with E-state index in [1.165, 1.54) is 21.2 Å². The van der Waals surface area contributed by atoms with Crippen LogP contribution in [0.3, 0.4) is 0 Å². The number of thiazole rings is 1. The van der Waals surface area contributed by atoms with Crippen molar-refractivity contribution < 1.29 is 23.1 Å². The zero-order valence-electron chi connectivity index (χ0n) is 25.9. The summed E-state index contributed by atoms with van der Waals surface area (Å²) in [5.41, 5.74) is 5.12. The van der Waals surface area contributed by atoms with Gasteiger partial charge >= 0.3 is 6.09 Å². The molecule has 0 aliphatic heterocycles. The standard InChI is InChI=1S/C34H39N5O5S2/c1-25(2)20-39(21-33(40)31(17-27-11-7-4-8-12-27)37-34(41)44-22-28-19-35-24-45-28)46(42,43)29-13-14-30-32(18-29)38(23-36-30)16-15-26-9-5-3-6-10-26/h3-14,18-19,23-25,31,33,40H,15-17,20-22H2,1-2H3,(H,37,41). The molecular formula is C34H39N5O5S2. The van der Waals surface area contributed by atoms with Gasteiger partial charge in [0.2, 0.25) is 10.0 Å². The van der Waals surface area contributed by atoms with E-state index >= 15 is 0 Å². The van der Waals surface area contributed by atoms with Gasteiger partial charge in [0.1, 0.15) is 6.61 Å². The summed E-state index contributed by atoms with van der Waals surface area (Å²) in [6, 6.07) is 23.6. The normalized spacial score (nSPS) is 13.2. The molecule has 2 aromatic heterocycles. The summed E-state index contributed by atoms with van der Waals surface area (Å²) in [6.45, 7) is 4.49. The monoisotopic (exact) mass is 661 g/mol. The fourth-order valence-corrected chi connectivity index (χ4v) is 7.37. The number of imidazole rings is 1. The Kier molecular flexibility index (Phi) is 11.2. The summed E-state index contributed by atoms with van der Waals surface area (Å²) in [5.74, 6) is -0.0213. The van der Waals surface area contributed by atoms with E-state index in [0.29, 0.717) is 17.6 Å². The molecule has 5 rings (SSSR count). The third-order valence-electron chi connectivity index (χ3n) is 7.57. The third kappa shape index (κ3) is 8.79. The molecule has 0 fully saturated rings. The maximum absolute atomic E-state index is 14.2. The van der Waals surface area contributed by atoms with Crippen LogP contribution in [-0.2, 0) is 40.8 Å². The van der Waals surface area contributed by atoms with Crippen LogP contribution >= 0.6 is 11.3 Å². The number of ether oxygens (including phenoxy) is 1. The summed E-state index contributed by atoms with van der Waals surface area (Å²) >= 11 is 1.37. The second-order valence-electron chi connectivity index (χ2n) is 11.6. The van der Waals surface area contributed by atoms with Gasteiger partial charge < -0.3 is 19.7 Å². The van der Waals surface area contributed by atoms with Crippen LogP contribution in [0.25, 0.3) is 11.0 Å². The van der Waals surface area contributed by atoms with Gasteiger partial charge in [-0.3, -0.25) is 4.98 Å². The third-order valence-corrected chi connectivity index (χ3v) is 10.1. The molecule has 10 nitrogen and oxygen atoms in total. The molecule has 2 unspecified atom stereocenters. The van der Waals surface area contributed by atoms with Crippen molar-refractivity contribution in [1.82, 2.24) is 24.2 Å². The fraction of sp³-hybridized carbons (Fsp3) is 0.324. The van der Waals surface area contributed by atoms with E-state index in [-0.39, 0.29) is 36.9 Å². The average molecular weight is 662 g/mol. The Balaban J connectivity index is 1.36. The molecule has 0 spiro atoms. The lowest BCUT2D eigenvalue weighted by Crippen LogP contribution is -2.51. The van der Waals surface area contributed by atoms with Crippen molar-refractivity contribution in [3.63, 3.8) is 0 Å². The minimum atomic E-state index is -4.04. The predicted molar refractivity (Wildman–Crippen MR) is 179 cm³/mol. The average Bonchev–Trinajstić information content (AvgIpc) is 3.73. The molecule has 2 heterocycles. The lowest BCUT2D eigenvalue weighted by atomic mass is 10.0. The first-order valence-electron chi connectivity index (χ1n) is 15.2. The van der Waals surface area contributed by atoms with Crippen molar-refractivity contribution in [3.8, 4) is 0 Å². The second kappa shape index (κ2) is 15.5. The highest BCUT2D eigenvalue weighted by Crippen LogP contribution is 2.24. The van der Waals surface area contributed by atoms with E-state index in [9.17, 15) is 18.3 Å². The van der Waals surface area contributed by atoms with E-state index in [4.69, 9.17) is 4.74 Å². The Morgan fingerprint density at radius 3 is 2.41 bits per heavy atom. The summed E-state index contributed by atoms with van der Waals surface area (Å²) in [4.78, 5) is 22.2. The van der Waals surface area contributed by atoms with Crippen LogP contribution in [0.1, 0.15) is 29.9 Å². The number of aromatic nitrogens is 3. The predicted octanol–water partition coefficient (Wildman–Crippen LogP) is 5.28. The number of fused-ring (bicyclic) bond motifs is 1. The molecule has 0 radical (unpaired) electrons. The molecule has 0 saturated carbocycles. The lowest BCUT2D eigenvalue weighted by Gasteiger charge is -2.30. The maximum atomic E-state index is 14.2. The molecule has 12 heteroatoms. The van der Waals surface area contributed by atoms with Crippen LogP contribution in [0.5, 0.6) is 0 Å². The second-order valence-corrected chi connectivity index (χ2v) is 14.5. The Bertz CT molecular complexity index is 1800. The Labute approximate surface area is 273 Å². The van der Waals surface area contributed by atoms with Crippen LogP contribution < -0.4 is 5.32 Å². The van der Waals surface area contributed by atoms with Gasteiger partial charge in [-0.2, -0.15) is 4.31 Å². The summed E-state index contributed by atoms with van der Waals surface area (Å²) in [5, 5.41) is 14.3. The van der Waals surface area contributed by atoms with Crippen molar-refractivity contribution in [3.05, 3.63) is 113 Å². The number of carbonyl (C=O) groups is 1. The summed E-state index contributed by atoms with van der Waals surface area (Å²) in [7, 11) is -4.04. The van der Waals surface area contributed by atoms with Gasteiger partial charge in [0.05, 0.1) is 44.8 Å². The highest BCUT2D eigenvalue weighted by atomic mass is 32.2. The van der Waals surface area contributed by atoms with Gasteiger partial charge in [-0.1, -0.05) is 74.5 Å². The number of carbonyl (C=O) groups excluding carboxylic acids is 1. The molecule has 0 bridgehead atoms. The van der Waals surface area contributed by atoms with E-state index in [2.05, 4.69) is 27.4 Å². The lowest BCUT2D eigenvalue weighted by molar-refractivity contribution is 0.0876. The topological polar surface area (TPSA) is 127 Å². The first kappa shape index (κ1) is 33.3. The Morgan fingerprint density at radius 1 is 1.02 bits per heavy atom. The Morgan fingerprint density at radius 2 is 1.74 bits per heavy atom. The number of hydrogen-bond donors (Lipinski definition) is 2. The van der Waals surface area contributed by atoms with E-state index in [0.717, 1.165) is 16.9 Å². The molecule has 1 amide bonds. The number of nitrogens with zero attached hydrogens (tertiary/aromatic N) is 4. The van der Waals surface area contributed by atoms with Crippen LogP contribution in [-0.4, -0.2) is 63.7 Å². The van der Waals surface area contributed by atoms with Crippen molar-refractivity contribution in [2.45, 2.75) is 56.9 Å². The van der Waals surface area contributed by atoms with Gasteiger partial charge in [-0.15, -0.1) is 11.3 Å². The smallest absolute Gasteiger partial charge is 0.407 e. The molecule has 2 N–H and O–H groups in total. The molecule has 46 heavy (non-hydrogen) atoms. The molecule has 5 aromatic rings. The molecule has 3 aromatic carbocycles. The largest absolute Gasteiger partial charge is 0.444 e. The van der Waals surface area contributed by atoms with Gasteiger partial charge in [0, 0.05) is 25.8 Å². The van der Waals surface area contributed by atoms with Crippen LogP contribution in [0.15, 0.2) is 102 Å². The zero-order chi connectivity index (χ0) is 32.5. The minimum absolute atomic E-state index is 0.0213. The molecule has 2 atom stereocenters. The number of benzene rings is 3. The van der Waals surface area contributed by atoms with E-state index in [1.54, 1.807) is 36.2 Å². The van der Waals surface area contributed by atoms with E-state index in [1.807, 2.05) is 66.9 Å². The number of hydrogen-bond acceptors (Lipinski definition) is 8. The number of amides is 1. The summed E-state index contributed by atoms with van der Waals surface area (Å²) < 4.78 is 37.0. The quantitative estimate of drug-likeness (QED) is 0.156. The maximum Gasteiger partial charge on any atom is 0.407 e. The number of aliphatic hydroxyl groups is 1. The number of nitrogens with one attached hydrogen (secondary N) is 1. The van der Waals surface area contributed by atoms with Crippen molar-refractivity contribution in [2.24, 2.45) is 5.92 Å². The Hall–Kier alpha value is -4.10. The van der Waals surface area contributed by atoms with Gasteiger partial charge in [0.25, 0.3) is 0 Å².